The van der Waals surface area contributed by atoms with Crippen molar-refractivity contribution in [1.29, 1.82) is 0 Å². The third-order valence-corrected chi connectivity index (χ3v) is 8.14. The maximum atomic E-state index is 14.5. The second-order valence-corrected chi connectivity index (χ2v) is 8.09. The highest BCUT2D eigenvalue weighted by molar-refractivity contribution is 5.79. The fourth-order valence-corrected chi connectivity index (χ4v) is 6.05. The van der Waals surface area contributed by atoms with E-state index in [1.54, 1.807) is 0 Å². The lowest BCUT2D eigenvalue weighted by Gasteiger charge is -2.75. The molecule has 1 fully saturated rings. The van der Waals surface area contributed by atoms with Crippen LogP contribution in [0.25, 0.3) is 0 Å². The van der Waals surface area contributed by atoms with Crippen molar-refractivity contribution in [2.75, 3.05) is 73.4 Å². The van der Waals surface area contributed by atoms with Crippen LogP contribution in [0.1, 0.15) is 0 Å². The molecular formula is C18H23F11O2. The summed E-state index contributed by atoms with van der Waals surface area (Å²) < 4.78 is 159. The van der Waals surface area contributed by atoms with Crippen LogP contribution in [0.5, 0.6) is 0 Å². The normalized spacial score (nSPS) is 24.6. The highest BCUT2D eigenvalue weighted by Gasteiger charge is 2.90. The van der Waals surface area contributed by atoms with Crippen LogP contribution in [0, 0.1) is 32.5 Å². The van der Waals surface area contributed by atoms with Crippen LogP contribution in [0.4, 0.5) is 48.3 Å². The Morgan fingerprint density at radius 2 is 0.613 bits per heavy atom. The van der Waals surface area contributed by atoms with Crippen LogP contribution in [0.15, 0.2) is 0 Å². The first-order chi connectivity index (χ1) is 14.6. The number of hydrogen-bond acceptors (Lipinski definition) is 1. The predicted molar refractivity (Wildman–Crippen MR) is 88.0 cm³/mol. The summed E-state index contributed by atoms with van der Waals surface area (Å²) in [4.78, 5) is 12.2. The molecule has 0 unspecified atom stereocenters. The van der Waals surface area contributed by atoms with Gasteiger partial charge in [-0.05, 0) is 0 Å². The van der Waals surface area contributed by atoms with Crippen LogP contribution in [-0.2, 0) is 4.79 Å². The third-order valence-electron chi connectivity index (χ3n) is 8.14. The lowest BCUT2D eigenvalue weighted by molar-refractivity contribution is -0.368. The number of carboxylic acid groups (broad SMARTS) is 1. The molecule has 1 aliphatic carbocycles. The van der Waals surface area contributed by atoms with E-state index in [1.165, 1.54) is 0 Å². The first-order valence-corrected chi connectivity index (χ1v) is 9.01. The molecule has 0 bridgehead atoms. The average Bonchev–Trinajstić information content (AvgIpc) is 2.81. The summed E-state index contributed by atoms with van der Waals surface area (Å²) in [5.41, 5.74) is -23.7. The molecule has 0 heterocycles. The van der Waals surface area contributed by atoms with Crippen LogP contribution in [-0.4, -0.2) is 84.5 Å². The van der Waals surface area contributed by atoms with E-state index in [4.69, 9.17) is 0 Å². The lowest BCUT2D eigenvalue weighted by Crippen LogP contribution is -2.86. The minimum atomic E-state index is -4.17. The molecule has 184 valence electrons. The summed E-state index contributed by atoms with van der Waals surface area (Å²) in [7, 11) is 0. The quantitative estimate of drug-likeness (QED) is 0.413. The van der Waals surface area contributed by atoms with Crippen molar-refractivity contribution in [2.24, 2.45) is 32.5 Å². The van der Waals surface area contributed by atoms with Crippen LogP contribution < -0.4 is 0 Å². The molecule has 0 radical (unpaired) electrons. The molecular weight excluding hydrogens is 457 g/mol. The summed E-state index contributed by atoms with van der Waals surface area (Å²) >= 11 is 0. The minimum absolute atomic E-state index is 2.48. The maximum absolute atomic E-state index is 14.5. The van der Waals surface area contributed by atoms with E-state index in [1.807, 2.05) is 0 Å². The van der Waals surface area contributed by atoms with Crippen molar-refractivity contribution >= 4 is 5.97 Å². The number of carbonyl (C=O) groups is 1. The lowest BCUT2D eigenvalue weighted by atomic mass is 9.26. The molecule has 0 spiro atoms. The highest BCUT2D eigenvalue weighted by atomic mass is 19.2. The van der Waals surface area contributed by atoms with Crippen molar-refractivity contribution in [3.63, 3.8) is 0 Å². The molecule has 1 aliphatic rings. The Morgan fingerprint density at radius 3 is 0.742 bits per heavy atom. The number of rotatable bonds is 12. The number of halogens is 11. The first-order valence-electron chi connectivity index (χ1n) is 9.01. The zero-order valence-electron chi connectivity index (χ0n) is 16.3. The molecule has 1 N–H and O–H groups in total. The van der Waals surface area contributed by atoms with Gasteiger partial charge in [-0.1, -0.05) is 0 Å². The number of alkyl halides is 11. The van der Waals surface area contributed by atoms with Crippen LogP contribution in [0.2, 0.25) is 0 Å². The van der Waals surface area contributed by atoms with Gasteiger partial charge in [-0.3, -0.25) is 48.7 Å². The Bertz CT molecular complexity index is 572. The van der Waals surface area contributed by atoms with E-state index in [-0.39, 0.29) is 0 Å². The summed E-state index contributed by atoms with van der Waals surface area (Å²) in [6.07, 6.45) is 0. The number of aliphatic carboxylic acids is 1. The second-order valence-electron chi connectivity index (χ2n) is 8.09. The van der Waals surface area contributed by atoms with Crippen molar-refractivity contribution < 1.29 is 58.2 Å². The number of carboxylic acids is 1. The van der Waals surface area contributed by atoms with E-state index in [9.17, 15) is 58.2 Å². The molecule has 1 saturated carbocycles. The van der Waals surface area contributed by atoms with E-state index in [2.05, 4.69) is 0 Å². The fraction of sp³-hybridized carbons (Fsp3) is 0.944. The van der Waals surface area contributed by atoms with Gasteiger partial charge in [0.1, 0.15) is 12.1 Å². The molecule has 0 atom stereocenters. The van der Waals surface area contributed by atoms with Gasteiger partial charge in [0.05, 0.1) is 88.4 Å². The predicted octanol–water partition coefficient (Wildman–Crippen LogP) is 4.67. The third kappa shape index (κ3) is 2.43. The standard InChI is InChI=1S/C18H23F11O2/c19-1-13(2-20)14(3-21,4-22)16(7-25,8-26)18(11-29,12(30)31)17(9-27,10-28)15(13,5-23)6-24/h1-11H2,(H,30,31). The Balaban J connectivity index is 4.66. The zero-order valence-corrected chi connectivity index (χ0v) is 16.3. The molecule has 0 aromatic rings. The van der Waals surface area contributed by atoms with Gasteiger partial charge in [0.2, 0.25) is 0 Å². The Hall–Kier alpha value is -1.30. The Morgan fingerprint density at radius 1 is 0.419 bits per heavy atom. The molecule has 0 aliphatic heterocycles. The SMILES string of the molecule is O=C(O)C1(CF)C(CF)(CF)C(CF)(CF)C(CF)(CF)C(CF)(CF)C1(CF)CF. The van der Waals surface area contributed by atoms with Gasteiger partial charge in [0.25, 0.3) is 0 Å². The molecule has 13 heteroatoms. The second kappa shape index (κ2) is 9.29. The molecule has 1 rings (SSSR count). The molecule has 0 aromatic carbocycles. The van der Waals surface area contributed by atoms with Gasteiger partial charge >= 0.3 is 5.97 Å². The van der Waals surface area contributed by atoms with Crippen molar-refractivity contribution in [1.82, 2.24) is 0 Å². The van der Waals surface area contributed by atoms with E-state index in [0.717, 1.165) is 0 Å². The van der Waals surface area contributed by atoms with E-state index < -0.39 is 112 Å². The molecule has 31 heavy (non-hydrogen) atoms. The zero-order chi connectivity index (χ0) is 24.4. The van der Waals surface area contributed by atoms with Gasteiger partial charge in [0.15, 0.2) is 0 Å². The topological polar surface area (TPSA) is 37.3 Å². The first kappa shape index (κ1) is 27.7. The van der Waals surface area contributed by atoms with Gasteiger partial charge in [-0.15, -0.1) is 0 Å². The average molecular weight is 480 g/mol. The van der Waals surface area contributed by atoms with Crippen molar-refractivity contribution in [3.8, 4) is 0 Å². The highest BCUT2D eigenvalue weighted by Crippen LogP contribution is 2.80. The molecule has 0 amide bonds. The smallest absolute Gasteiger partial charge is 0.313 e. The molecule has 0 saturated heterocycles. The van der Waals surface area contributed by atoms with Gasteiger partial charge in [-0.25, -0.2) is 4.39 Å². The van der Waals surface area contributed by atoms with E-state index >= 15 is 0 Å². The van der Waals surface area contributed by atoms with Crippen molar-refractivity contribution in [2.45, 2.75) is 0 Å². The van der Waals surface area contributed by atoms with Crippen molar-refractivity contribution in [3.05, 3.63) is 0 Å². The maximum Gasteiger partial charge on any atom is 0.313 e. The summed E-state index contributed by atoms with van der Waals surface area (Å²) in [5, 5.41) is 9.76. The fourth-order valence-electron chi connectivity index (χ4n) is 6.05. The Kier molecular flexibility index (Phi) is 8.31. The largest absolute Gasteiger partial charge is 0.481 e. The van der Waals surface area contributed by atoms with Gasteiger partial charge in [0, 0.05) is 5.41 Å². The minimum Gasteiger partial charge on any atom is -0.481 e. The van der Waals surface area contributed by atoms with Crippen LogP contribution in [0.3, 0.4) is 0 Å². The van der Waals surface area contributed by atoms with E-state index in [0.29, 0.717) is 0 Å². The molecule has 0 aromatic heterocycles. The van der Waals surface area contributed by atoms with Gasteiger partial charge < -0.3 is 5.11 Å². The monoisotopic (exact) mass is 480 g/mol. The Labute approximate surface area is 171 Å². The summed E-state index contributed by atoms with van der Waals surface area (Å²) in [5.74, 6) is -2.76. The van der Waals surface area contributed by atoms with Crippen LogP contribution >= 0.6 is 0 Å². The molecule has 2 nitrogen and oxygen atoms in total. The summed E-state index contributed by atoms with van der Waals surface area (Å²) in [6.45, 7) is -27.8. The number of hydrogen-bond donors (Lipinski definition) is 1. The summed E-state index contributed by atoms with van der Waals surface area (Å²) in [6, 6.07) is 0. The van der Waals surface area contributed by atoms with Gasteiger partial charge in [-0.2, -0.15) is 0 Å².